The van der Waals surface area contributed by atoms with E-state index in [2.05, 4.69) is 12.2 Å². The number of likely N-dealkylation sites (tertiary alicyclic amines) is 1. The van der Waals surface area contributed by atoms with Crippen LogP contribution in [0.1, 0.15) is 26.2 Å². The van der Waals surface area contributed by atoms with Crippen LogP contribution < -0.4 is 5.32 Å². The van der Waals surface area contributed by atoms with Crippen LogP contribution in [0.5, 0.6) is 0 Å². The van der Waals surface area contributed by atoms with Gasteiger partial charge in [-0.25, -0.2) is 0 Å². The fourth-order valence-electron chi connectivity index (χ4n) is 2.12. The van der Waals surface area contributed by atoms with Crippen molar-refractivity contribution in [3.63, 3.8) is 0 Å². The van der Waals surface area contributed by atoms with Gasteiger partial charge in [0, 0.05) is 25.7 Å². The van der Waals surface area contributed by atoms with Gasteiger partial charge in [0.25, 0.3) is 0 Å². The Morgan fingerprint density at radius 2 is 2.19 bits per heavy atom. The number of halogens is 1. The molecule has 0 saturated carbocycles. The second-order valence-electron chi connectivity index (χ2n) is 4.52. The third-order valence-corrected chi connectivity index (χ3v) is 3.31. The lowest BCUT2D eigenvalue weighted by Gasteiger charge is -2.34. The van der Waals surface area contributed by atoms with Crippen LogP contribution in [0.3, 0.4) is 0 Å². The monoisotopic (exact) mass is 248 g/mol. The van der Waals surface area contributed by atoms with Crippen molar-refractivity contribution in [3.05, 3.63) is 0 Å². The number of ether oxygens (including phenoxy) is 1. The van der Waals surface area contributed by atoms with E-state index in [1.807, 2.05) is 4.90 Å². The lowest BCUT2D eigenvalue weighted by atomic mass is 10.0. The number of amides is 1. The third kappa shape index (κ3) is 3.34. The topological polar surface area (TPSA) is 41.6 Å². The summed E-state index contributed by atoms with van der Waals surface area (Å²) in [7, 11) is 0. The maximum Gasteiger partial charge on any atom is 0.248 e. The molecule has 0 bridgehead atoms. The Hall–Kier alpha value is -0.320. The SMILES string of the molecule is CC1CCCCN1C(=O)COC1CNC1.Cl. The molecule has 2 aliphatic rings. The van der Waals surface area contributed by atoms with Crippen LogP contribution in [0.25, 0.3) is 0 Å². The first-order valence-corrected chi connectivity index (χ1v) is 5.89. The fraction of sp³-hybridized carbons (Fsp3) is 0.909. The van der Waals surface area contributed by atoms with Crippen LogP contribution in [-0.4, -0.2) is 49.2 Å². The molecule has 4 nitrogen and oxygen atoms in total. The van der Waals surface area contributed by atoms with Crippen molar-refractivity contribution >= 4 is 18.3 Å². The number of nitrogens with one attached hydrogen (secondary N) is 1. The van der Waals surface area contributed by atoms with Gasteiger partial charge in [0.2, 0.25) is 5.91 Å². The largest absolute Gasteiger partial charge is 0.366 e. The third-order valence-electron chi connectivity index (χ3n) is 3.31. The quantitative estimate of drug-likeness (QED) is 0.803. The first-order valence-electron chi connectivity index (χ1n) is 5.89. The summed E-state index contributed by atoms with van der Waals surface area (Å²) in [5.41, 5.74) is 0. The zero-order chi connectivity index (χ0) is 10.7. The summed E-state index contributed by atoms with van der Waals surface area (Å²) in [6.07, 6.45) is 3.78. The van der Waals surface area contributed by atoms with E-state index in [1.165, 1.54) is 6.42 Å². The number of hydrogen-bond acceptors (Lipinski definition) is 3. The molecule has 0 aromatic carbocycles. The molecule has 2 fully saturated rings. The summed E-state index contributed by atoms with van der Waals surface area (Å²) in [4.78, 5) is 13.8. The highest BCUT2D eigenvalue weighted by Crippen LogP contribution is 2.16. The minimum absolute atomic E-state index is 0. The standard InChI is InChI=1S/C11H20N2O2.ClH/c1-9-4-2-3-5-13(9)11(14)8-15-10-6-12-7-10;/h9-10,12H,2-8H2,1H3;1H. The Labute approximate surface area is 103 Å². The molecule has 2 rings (SSSR count). The fourth-order valence-corrected chi connectivity index (χ4v) is 2.12. The van der Waals surface area contributed by atoms with Gasteiger partial charge in [-0.05, 0) is 26.2 Å². The lowest BCUT2D eigenvalue weighted by molar-refractivity contribution is -0.142. The van der Waals surface area contributed by atoms with Crippen molar-refractivity contribution in [1.82, 2.24) is 10.2 Å². The number of hydrogen-bond donors (Lipinski definition) is 1. The number of carbonyl (C=O) groups excluding carboxylic acids is 1. The number of carbonyl (C=O) groups is 1. The van der Waals surface area contributed by atoms with Gasteiger partial charge in [0.15, 0.2) is 0 Å². The van der Waals surface area contributed by atoms with Gasteiger partial charge in [0.1, 0.15) is 6.61 Å². The van der Waals surface area contributed by atoms with Crippen molar-refractivity contribution < 1.29 is 9.53 Å². The van der Waals surface area contributed by atoms with Crippen molar-refractivity contribution in [2.45, 2.75) is 38.3 Å². The molecule has 0 aromatic rings. The van der Waals surface area contributed by atoms with Gasteiger partial charge in [-0.3, -0.25) is 4.79 Å². The Bertz CT molecular complexity index is 234. The van der Waals surface area contributed by atoms with Gasteiger partial charge in [-0.1, -0.05) is 0 Å². The molecular formula is C11H21ClN2O2. The minimum Gasteiger partial charge on any atom is -0.366 e. The normalized spacial score (nSPS) is 25.8. The van der Waals surface area contributed by atoms with E-state index < -0.39 is 0 Å². The molecule has 2 heterocycles. The molecule has 1 unspecified atom stereocenters. The van der Waals surface area contributed by atoms with E-state index in [0.29, 0.717) is 6.04 Å². The van der Waals surface area contributed by atoms with Gasteiger partial charge < -0.3 is 15.0 Å². The van der Waals surface area contributed by atoms with Crippen molar-refractivity contribution in [2.75, 3.05) is 26.2 Å². The van der Waals surface area contributed by atoms with E-state index in [9.17, 15) is 4.79 Å². The van der Waals surface area contributed by atoms with E-state index in [-0.39, 0.29) is 31.0 Å². The van der Waals surface area contributed by atoms with Crippen molar-refractivity contribution in [2.24, 2.45) is 0 Å². The van der Waals surface area contributed by atoms with E-state index in [1.54, 1.807) is 0 Å². The molecule has 2 saturated heterocycles. The molecule has 94 valence electrons. The predicted molar refractivity (Wildman–Crippen MR) is 64.9 cm³/mol. The van der Waals surface area contributed by atoms with E-state index in [4.69, 9.17) is 4.74 Å². The smallest absolute Gasteiger partial charge is 0.248 e. The highest BCUT2D eigenvalue weighted by Gasteiger charge is 2.25. The van der Waals surface area contributed by atoms with Gasteiger partial charge in [-0.2, -0.15) is 0 Å². The summed E-state index contributed by atoms with van der Waals surface area (Å²) in [5.74, 6) is 0.161. The highest BCUT2D eigenvalue weighted by molar-refractivity contribution is 5.85. The van der Waals surface area contributed by atoms with Crippen LogP contribution in [0, 0.1) is 0 Å². The molecule has 0 aliphatic carbocycles. The zero-order valence-electron chi connectivity index (χ0n) is 9.78. The predicted octanol–water partition coefficient (Wildman–Crippen LogP) is 0.798. The molecule has 1 atom stereocenters. The molecule has 0 aromatic heterocycles. The molecule has 1 amide bonds. The van der Waals surface area contributed by atoms with Crippen molar-refractivity contribution in [1.29, 1.82) is 0 Å². The average molecular weight is 249 g/mol. The summed E-state index contributed by atoms with van der Waals surface area (Å²) in [6.45, 7) is 5.08. The Balaban J connectivity index is 0.00000128. The summed E-state index contributed by atoms with van der Waals surface area (Å²) in [5, 5.41) is 3.12. The molecule has 0 radical (unpaired) electrons. The maximum atomic E-state index is 11.8. The van der Waals surface area contributed by atoms with Crippen LogP contribution in [0.4, 0.5) is 0 Å². The molecular weight excluding hydrogens is 228 g/mol. The summed E-state index contributed by atoms with van der Waals surface area (Å²) in [6, 6.07) is 0.398. The Morgan fingerprint density at radius 1 is 1.44 bits per heavy atom. The van der Waals surface area contributed by atoms with E-state index in [0.717, 1.165) is 32.5 Å². The first-order chi connectivity index (χ1) is 7.27. The Morgan fingerprint density at radius 3 is 2.75 bits per heavy atom. The molecule has 1 N–H and O–H groups in total. The summed E-state index contributed by atoms with van der Waals surface area (Å²) >= 11 is 0. The van der Waals surface area contributed by atoms with Crippen LogP contribution in [-0.2, 0) is 9.53 Å². The second-order valence-corrected chi connectivity index (χ2v) is 4.52. The van der Waals surface area contributed by atoms with E-state index >= 15 is 0 Å². The maximum absolute atomic E-state index is 11.8. The number of rotatable bonds is 3. The molecule has 2 aliphatic heterocycles. The Kier molecular flexibility index (Phi) is 5.52. The molecule has 0 spiro atoms. The second kappa shape index (κ2) is 6.42. The summed E-state index contributed by atoms with van der Waals surface area (Å²) < 4.78 is 5.49. The number of piperidine rings is 1. The van der Waals surface area contributed by atoms with Crippen molar-refractivity contribution in [3.8, 4) is 0 Å². The van der Waals surface area contributed by atoms with Gasteiger partial charge in [-0.15, -0.1) is 12.4 Å². The molecule has 16 heavy (non-hydrogen) atoms. The lowest BCUT2D eigenvalue weighted by Crippen LogP contribution is -2.51. The van der Waals surface area contributed by atoms with Crippen LogP contribution in [0.15, 0.2) is 0 Å². The first kappa shape index (κ1) is 13.7. The minimum atomic E-state index is 0. The van der Waals surface area contributed by atoms with Gasteiger partial charge in [0.05, 0.1) is 6.10 Å². The van der Waals surface area contributed by atoms with Crippen LogP contribution in [0.2, 0.25) is 0 Å². The average Bonchev–Trinajstić information content (AvgIpc) is 2.16. The highest BCUT2D eigenvalue weighted by atomic mass is 35.5. The van der Waals surface area contributed by atoms with Gasteiger partial charge >= 0.3 is 0 Å². The number of nitrogens with zero attached hydrogens (tertiary/aromatic N) is 1. The van der Waals surface area contributed by atoms with Crippen LogP contribution >= 0.6 is 12.4 Å². The molecule has 5 heteroatoms. The zero-order valence-corrected chi connectivity index (χ0v) is 10.6.